The number of benzene rings is 1. The van der Waals surface area contributed by atoms with Crippen LogP contribution in [-0.4, -0.2) is 37.2 Å². The van der Waals surface area contributed by atoms with E-state index in [2.05, 4.69) is 18.5 Å². The van der Waals surface area contributed by atoms with Crippen molar-refractivity contribution in [3.63, 3.8) is 0 Å². The number of carbonyl (C=O) groups excluding carboxylic acids is 1. The zero-order valence-electron chi connectivity index (χ0n) is 11.8. The minimum Gasteiger partial charge on any atom is -0.494 e. The van der Waals surface area contributed by atoms with E-state index in [9.17, 15) is 4.79 Å². The van der Waals surface area contributed by atoms with Gasteiger partial charge in [-0.05, 0) is 18.6 Å². The number of nitrogens with zero attached hydrogens (tertiary/aromatic N) is 1. The lowest BCUT2D eigenvalue weighted by molar-refractivity contribution is 0.207. The first kappa shape index (κ1) is 15.8. The van der Waals surface area contributed by atoms with Crippen molar-refractivity contribution in [2.24, 2.45) is 0 Å². The summed E-state index contributed by atoms with van der Waals surface area (Å²) in [6, 6.07) is 9.52. The van der Waals surface area contributed by atoms with Crippen LogP contribution in [0.5, 0.6) is 5.75 Å². The number of rotatable bonds is 9. The van der Waals surface area contributed by atoms with Crippen LogP contribution in [0.15, 0.2) is 55.6 Å². The van der Waals surface area contributed by atoms with Crippen LogP contribution in [0.25, 0.3) is 0 Å². The second-order valence-corrected chi connectivity index (χ2v) is 4.23. The molecule has 0 radical (unpaired) electrons. The van der Waals surface area contributed by atoms with Gasteiger partial charge in [-0.15, -0.1) is 13.2 Å². The normalized spacial score (nSPS) is 9.60. The minimum atomic E-state index is -0.107. The van der Waals surface area contributed by atoms with Gasteiger partial charge >= 0.3 is 6.03 Å². The smallest absolute Gasteiger partial charge is 0.317 e. The standard InChI is InChI=1S/C16H22N2O2/c1-3-12-18(13-4-2)16(19)17-11-8-14-20-15-9-6-5-7-10-15/h3-7,9-10H,1-2,8,11-14H2,(H,17,19). The van der Waals surface area contributed by atoms with Crippen molar-refractivity contribution in [3.05, 3.63) is 55.6 Å². The van der Waals surface area contributed by atoms with E-state index in [-0.39, 0.29) is 6.03 Å². The largest absolute Gasteiger partial charge is 0.494 e. The molecule has 0 aliphatic rings. The van der Waals surface area contributed by atoms with Gasteiger partial charge in [0.05, 0.1) is 6.61 Å². The number of amides is 2. The molecule has 0 aromatic heterocycles. The zero-order chi connectivity index (χ0) is 14.6. The van der Waals surface area contributed by atoms with Gasteiger partial charge in [0, 0.05) is 19.6 Å². The summed E-state index contributed by atoms with van der Waals surface area (Å²) in [5.41, 5.74) is 0. The lowest BCUT2D eigenvalue weighted by atomic mass is 10.3. The minimum absolute atomic E-state index is 0.107. The summed E-state index contributed by atoms with van der Waals surface area (Å²) in [5, 5.41) is 2.85. The Hall–Kier alpha value is -2.23. The second-order valence-electron chi connectivity index (χ2n) is 4.23. The van der Waals surface area contributed by atoms with Crippen LogP contribution in [0.4, 0.5) is 4.79 Å². The molecule has 0 saturated carbocycles. The number of para-hydroxylation sites is 1. The molecule has 1 aromatic rings. The molecule has 2 amide bonds. The molecule has 108 valence electrons. The van der Waals surface area contributed by atoms with Gasteiger partial charge in [-0.25, -0.2) is 4.79 Å². The Morgan fingerprint density at radius 3 is 2.45 bits per heavy atom. The van der Waals surface area contributed by atoms with Crippen LogP contribution in [-0.2, 0) is 0 Å². The summed E-state index contributed by atoms with van der Waals surface area (Å²) in [7, 11) is 0. The van der Waals surface area contributed by atoms with Crippen molar-refractivity contribution in [1.82, 2.24) is 10.2 Å². The fourth-order valence-electron chi connectivity index (χ4n) is 1.64. The van der Waals surface area contributed by atoms with Crippen molar-refractivity contribution >= 4 is 6.03 Å². The van der Waals surface area contributed by atoms with Gasteiger partial charge in [-0.1, -0.05) is 30.4 Å². The first-order chi connectivity index (χ1) is 9.77. The van der Waals surface area contributed by atoms with E-state index < -0.39 is 0 Å². The van der Waals surface area contributed by atoms with Crippen molar-refractivity contribution in [3.8, 4) is 5.75 Å². The Bertz CT molecular complexity index is 408. The Labute approximate surface area is 120 Å². The number of hydrogen-bond donors (Lipinski definition) is 1. The second kappa shape index (κ2) is 9.67. The number of hydrogen-bond acceptors (Lipinski definition) is 2. The highest BCUT2D eigenvalue weighted by molar-refractivity contribution is 5.74. The van der Waals surface area contributed by atoms with E-state index >= 15 is 0 Å². The van der Waals surface area contributed by atoms with Crippen molar-refractivity contribution in [2.45, 2.75) is 6.42 Å². The van der Waals surface area contributed by atoms with E-state index in [0.29, 0.717) is 26.2 Å². The summed E-state index contributed by atoms with van der Waals surface area (Å²) < 4.78 is 5.55. The predicted octanol–water partition coefficient (Wildman–Crippen LogP) is 2.84. The highest BCUT2D eigenvalue weighted by Crippen LogP contribution is 2.08. The van der Waals surface area contributed by atoms with Crippen molar-refractivity contribution < 1.29 is 9.53 Å². The summed E-state index contributed by atoms with van der Waals surface area (Å²) in [6.45, 7) is 9.45. The maximum absolute atomic E-state index is 11.8. The maximum atomic E-state index is 11.8. The highest BCUT2D eigenvalue weighted by Gasteiger charge is 2.08. The molecule has 0 saturated heterocycles. The van der Waals surface area contributed by atoms with Gasteiger partial charge in [0.25, 0.3) is 0 Å². The SMILES string of the molecule is C=CCN(CC=C)C(=O)NCCCOc1ccccc1. The zero-order valence-corrected chi connectivity index (χ0v) is 11.8. The molecule has 0 aliphatic heterocycles. The number of nitrogens with one attached hydrogen (secondary N) is 1. The summed E-state index contributed by atoms with van der Waals surface area (Å²) in [5.74, 6) is 0.846. The Balaban J connectivity index is 2.17. The highest BCUT2D eigenvalue weighted by atomic mass is 16.5. The van der Waals surface area contributed by atoms with Crippen LogP contribution in [0.3, 0.4) is 0 Å². The molecule has 0 aliphatic carbocycles. The molecule has 4 nitrogen and oxygen atoms in total. The van der Waals surface area contributed by atoms with Gasteiger partial charge in [0.2, 0.25) is 0 Å². The quantitative estimate of drug-likeness (QED) is 0.556. The monoisotopic (exact) mass is 274 g/mol. The van der Waals surface area contributed by atoms with E-state index in [1.807, 2.05) is 30.3 Å². The lowest BCUT2D eigenvalue weighted by Crippen LogP contribution is -2.40. The summed E-state index contributed by atoms with van der Waals surface area (Å²) in [6.07, 6.45) is 4.15. The molecule has 0 bridgehead atoms. The molecule has 0 heterocycles. The first-order valence-electron chi connectivity index (χ1n) is 6.70. The molecular weight excluding hydrogens is 252 g/mol. The first-order valence-corrected chi connectivity index (χ1v) is 6.70. The van der Waals surface area contributed by atoms with E-state index in [0.717, 1.165) is 12.2 Å². The van der Waals surface area contributed by atoms with Crippen molar-refractivity contribution in [1.29, 1.82) is 0 Å². The third-order valence-corrected chi connectivity index (χ3v) is 2.60. The molecule has 0 unspecified atom stereocenters. The van der Waals surface area contributed by atoms with E-state index in [1.165, 1.54) is 0 Å². The Morgan fingerprint density at radius 1 is 1.20 bits per heavy atom. The van der Waals surface area contributed by atoms with Gasteiger partial charge in [0.15, 0.2) is 0 Å². The average Bonchev–Trinajstić information content (AvgIpc) is 2.47. The molecule has 0 atom stereocenters. The van der Waals surface area contributed by atoms with Gasteiger partial charge in [-0.3, -0.25) is 0 Å². The summed E-state index contributed by atoms with van der Waals surface area (Å²) >= 11 is 0. The molecule has 0 fully saturated rings. The van der Waals surface area contributed by atoms with Gasteiger partial charge in [-0.2, -0.15) is 0 Å². The van der Waals surface area contributed by atoms with Crippen LogP contribution in [0.1, 0.15) is 6.42 Å². The topological polar surface area (TPSA) is 41.6 Å². The molecule has 1 N–H and O–H groups in total. The van der Waals surface area contributed by atoms with Gasteiger partial charge in [0.1, 0.15) is 5.75 Å². The number of carbonyl (C=O) groups is 1. The molecular formula is C16H22N2O2. The van der Waals surface area contributed by atoms with Crippen molar-refractivity contribution in [2.75, 3.05) is 26.2 Å². The predicted molar refractivity (Wildman–Crippen MR) is 81.9 cm³/mol. The van der Waals surface area contributed by atoms with E-state index in [1.54, 1.807) is 17.1 Å². The average molecular weight is 274 g/mol. The number of urea groups is 1. The fraction of sp³-hybridized carbons (Fsp3) is 0.312. The Morgan fingerprint density at radius 2 is 1.85 bits per heavy atom. The van der Waals surface area contributed by atoms with Crippen LogP contribution >= 0.6 is 0 Å². The van der Waals surface area contributed by atoms with Gasteiger partial charge < -0.3 is 15.0 Å². The fourth-order valence-corrected chi connectivity index (χ4v) is 1.64. The maximum Gasteiger partial charge on any atom is 0.317 e. The summed E-state index contributed by atoms with van der Waals surface area (Å²) in [4.78, 5) is 13.5. The third-order valence-electron chi connectivity index (χ3n) is 2.60. The third kappa shape index (κ3) is 6.09. The van der Waals surface area contributed by atoms with Crippen LogP contribution in [0, 0.1) is 0 Å². The molecule has 4 heteroatoms. The molecule has 1 rings (SSSR count). The molecule has 1 aromatic carbocycles. The van der Waals surface area contributed by atoms with Crippen LogP contribution < -0.4 is 10.1 Å². The lowest BCUT2D eigenvalue weighted by Gasteiger charge is -2.19. The van der Waals surface area contributed by atoms with E-state index in [4.69, 9.17) is 4.74 Å². The number of ether oxygens (including phenoxy) is 1. The Kier molecular flexibility index (Phi) is 7.65. The molecule has 20 heavy (non-hydrogen) atoms. The van der Waals surface area contributed by atoms with Crippen LogP contribution in [0.2, 0.25) is 0 Å². The molecule has 0 spiro atoms.